The molecule has 91 valence electrons. The van der Waals surface area contributed by atoms with E-state index in [1.54, 1.807) is 0 Å². The first-order valence-corrected chi connectivity index (χ1v) is 6.46. The van der Waals surface area contributed by atoms with Gasteiger partial charge in [0, 0.05) is 18.8 Å². The van der Waals surface area contributed by atoms with Crippen molar-refractivity contribution in [2.45, 2.75) is 31.8 Å². The zero-order chi connectivity index (χ0) is 11.7. The summed E-state index contributed by atoms with van der Waals surface area (Å²) in [6, 6.07) is 6.18. The van der Waals surface area contributed by atoms with Crippen molar-refractivity contribution in [1.29, 1.82) is 0 Å². The van der Waals surface area contributed by atoms with E-state index in [2.05, 4.69) is 17.4 Å². The zero-order valence-corrected chi connectivity index (χ0v) is 10.1. The van der Waals surface area contributed by atoms with E-state index in [1.165, 1.54) is 31.4 Å². The predicted molar refractivity (Wildman–Crippen MR) is 70.3 cm³/mol. The summed E-state index contributed by atoms with van der Waals surface area (Å²) in [5.41, 5.74) is 8.03. The van der Waals surface area contributed by atoms with Crippen molar-refractivity contribution in [2.24, 2.45) is 0 Å². The second-order valence-electron chi connectivity index (χ2n) is 4.89. The molecule has 0 amide bonds. The largest absolute Gasteiger partial charge is 0.488 e. The SMILES string of the molecule is Nc1cc(N2CC[CH]CC2)ccc1OC1CC1. The molecule has 3 rings (SSSR count). The lowest BCUT2D eigenvalue weighted by molar-refractivity contribution is 0.305. The summed E-state index contributed by atoms with van der Waals surface area (Å²) >= 11 is 0. The lowest BCUT2D eigenvalue weighted by atomic mass is 10.1. The van der Waals surface area contributed by atoms with Crippen LogP contribution in [0.15, 0.2) is 18.2 Å². The van der Waals surface area contributed by atoms with Crippen molar-refractivity contribution in [3.05, 3.63) is 24.6 Å². The number of ether oxygens (including phenoxy) is 1. The number of piperidine rings is 1. The topological polar surface area (TPSA) is 38.5 Å². The van der Waals surface area contributed by atoms with Crippen molar-refractivity contribution in [2.75, 3.05) is 23.7 Å². The molecule has 1 aliphatic heterocycles. The Labute approximate surface area is 103 Å². The maximum absolute atomic E-state index is 6.04. The van der Waals surface area contributed by atoms with Crippen molar-refractivity contribution in [1.82, 2.24) is 0 Å². The number of anilines is 2. The molecule has 1 aromatic rings. The fourth-order valence-electron chi connectivity index (χ4n) is 2.21. The highest BCUT2D eigenvalue weighted by atomic mass is 16.5. The molecule has 3 nitrogen and oxygen atoms in total. The van der Waals surface area contributed by atoms with Gasteiger partial charge in [-0.3, -0.25) is 0 Å². The standard InChI is InChI=1S/C14H19N2O/c15-13-10-11(16-8-2-1-3-9-16)4-7-14(13)17-12-5-6-12/h1,4,7,10,12H,2-3,5-6,8-9,15H2. The number of nitrogens with two attached hydrogens (primary N) is 1. The van der Waals surface area contributed by atoms with Gasteiger partial charge in [0.05, 0.1) is 11.8 Å². The second kappa shape index (κ2) is 4.47. The van der Waals surface area contributed by atoms with E-state index in [0.717, 1.165) is 24.5 Å². The Balaban J connectivity index is 1.74. The number of nitrogens with zero attached hydrogens (tertiary/aromatic N) is 1. The van der Waals surface area contributed by atoms with E-state index in [-0.39, 0.29) is 0 Å². The monoisotopic (exact) mass is 231 g/mol. The molecule has 0 unspecified atom stereocenters. The minimum Gasteiger partial charge on any atom is -0.488 e. The Morgan fingerprint density at radius 2 is 1.94 bits per heavy atom. The van der Waals surface area contributed by atoms with Gasteiger partial charge in [-0.2, -0.15) is 0 Å². The molecular weight excluding hydrogens is 212 g/mol. The highest BCUT2D eigenvalue weighted by Gasteiger charge is 2.24. The minimum absolute atomic E-state index is 0.410. The van der Waals surface area contributed by atoms with Gasteiger partial charge in [0.15, 0.2) is 0 Å². The van der Waals surface area contributed by atoms with Crippen LogP contribution in [0.4, 0.5) is 11.4 Å². The summed E-state index contributed by atoms with van der Waals surface area (Å²) in [6.45, 7) is 2.20. The summed E-state index contributed by atoms with van der Waals surface area (Å²) < 4.78 is 5.75. The van der Waals surface area contributed by atoms with Gasteiger partial charge >= 0.3 is 0 Å². The third-order valence-electron chi connectivity index (χ3n) is 3.38. The Kier molecular flexibility index (Phi) is 2.83. The molecule has 1 aromatic carbocycles. The molecule has 17 heavy (non-hydrogen) atoms. The molecule has 1 saturated carbocycles. The van der Waals surface area contributed by atoms with Crippen LogP contribution < -0.4 is 15.4 Å². The molecule has 0 atom stereocenters. The lowest BCUT2D eigenvalue weighted by Gasteiger charge is -2.29. The predicted octanol–water partition coefficient (Wildman–Crippen LogP) is 2.61. The van der Waals surface area contributed by atoms with Gasteiger partial charge < -0.3 is 15.4 Å². The lowest BCUT2D eigenvalue weighted by Crippen LogP contribution is -2.29. The molecule has 3 heteroatoms. The maximum Gasteiger partial charge on any atom is 0.142 e. The van der Waals surface area contributed by atoms with E-state index in [0.29, 0.717) is 6.10 Å². The molecule has 0 spiro atoms. The minimum atomic E-state index is 0.410. The van der Waals surface area contributed by atoms with Crippen LogP contribution in [-0.4, -0.2) is 19.2 Å². The highest BCUT2D eigenvalue weighted by Crippen LogP contribution is 2.33. The Morgan fingerprint density at radius 1 is 1.18 bits per heavy atom. The first-order valence-electron chi connectivity index (χ1n) is 6.46. The van der Waals surface area contributed by atoms with Crippen LogP contribution >= 0.6 is 0 Å². The van der Waals surface area contributed by atoms with Crippen LogP contribution in [0, 0.1) is 6.42 Å². The number of benzene rings is 1. The van der Waals surface area contributed by atoms with E-state index < -0.39 is 0 Å². The van der Waals surface area contributed by atoms with Crippen molar-refractivity contribution in [3.8, 4) is 5.75 Å². The normalized spacial score (nSPS) is 20.4. The van der Waals surface area contributed by atoms with E-state index in [4.69, 9.17) is 10.5 Å². The van der Waals surface area contributed by atoms with Gasteiger partial charge in [-0.15, -0.1) is 0 Å². The van der Waals surface area contributed by atoms with Gasteiger partial charge in [0.2, 0.25) is 0 Å². The van der Waals surface area contributed by atoms with Crippen molar-refractivity contribution in [3.63, 3.8) is 0 Å². The number of rotatable bonds is 3. The molecule has 1 radical (unpaired) electrons. The van der Waals surface area contributed by atoms with Crippen LogP contribution in [0.25, 0.3) is 0 Å². The fourth-order valence-corrected chi connectivity index (χ4v) is 2.21. The van der Waals surface area contributed by atoms with Crippen LogP contribution in [0.5, 0.6) is 5.75 Å². The van der Waals surface area contributed by atoms with Crippen LogP contribution in [0.1, 0.15) is 25.7 Å². The molecule has 0 bridgehead atoms. The summed E-state index contributed by atoms with van der Waals surface area (Å²) in [7, 11) is 0. The molecule has 1 heterocycles. The third kappa shape index (κ3) is 2.48. The van der Waals surface area contributed by atoms with Crippen LogP contribution in [-0.2, 0) is 0 Å². The van der Waals surface area contributed by atoms with Crippen LogP contribution in [0.2, 0.25) is 0 Å². The Hall–Kier alpha value is -1.38. The number of hydrogen-bond donors (Lipinski definition) is 1. The van der Waals surface area contributed by atoms with Gasteiger partial charge in [0.25, 0.3) is 0 Å². The molecular formula is C14H19N2O. The number of nitrogen functional groups attached to an aromatic ring is 1. The van der Waals surface area contributed by atoms with Crippen molar-refractivity contribution >= 4 is 11.4 Å². The summed E-state index contributed by atoms with van der Waals surface area (Å²) in [6.07, 6.45) is 7.43. The van der Waals surface area contributed by atoms with Crippen LogP contribution in [0.3, 0.4) is 0 Å². The second-order valence-corrected chi connectivity index (χ2v) is 4.89. The molecule has 1 saturated heterocycles. The summed E-state index contributed by atoms with van der Waals surface area (Å²) in [4.78, 5) is 2.39. The molecule has 2 aliphatic rings. The van der Waals surface area contributed by atoms with Gasteiger partial charge in [0.1, 0.15) is 5.75 Å². The van der Waals surface area contributed by atoms with Crippen molar-refractivity contribution < 1.29 is 4.74 Å². The summed E-state index contributed by atoms with van der Waals surface area (Å²) in [5, 5.41) is 0. The number of hydrogen-bond acceptors (Lipinski definition) is 3. The molecule has 1 aliphatic carbocycles. The summed E-state index contributed by atoms with van der Waals surface area (Å²) in [5.74, 6) is 0.847. The smallest absolute Gasteiger partial charge is 0.142 e. The molecule has 2 N–H and O–H groups in total. The van der Waals surface area contributed by atoms with Gasteiger partial charge in [-0.25, -0.2) is 0 Å². The molecule has 2 fully saturated rings. The van der Waals surface area contributed by atoms with Gasteiger partial charge in [-0.05, 0) is 50.3 Å². The highest BCUT2D eigenvalue weighted by molar-refractivity contribution is 5.63. The zero-order valence-electron chi connectivity index (χ0n) is 10.1. The average molecular weight is 231 g/mol. The van der Waals surface area contributed by atoms with E-state index in [9.17, 15) is 0 Å². The fraction of sp³-hybridized carbons (Fsp3) is 0.500. The first kappa shape index (κ1) is 10.8. The first-order chi connectivity index (χ1) is 8.33. The Morgan fingerprint density at radius 3 is 2.59 bits per heavy atom. The maximum atomic E-state index is 6.04. The third-order valence-corrected chi connectivity index (χ3v) is 3.38. The molecule has 0 aromatic heterocycles. The average Bonchev–Trinajstić information content (AvgIpc) is 3.17. The van der Waals surface area contributed by atoms with Gasteiger partial charge in [-0.1, -0.05) is 0 Å². The Bertz CT molecular complexity index is 395. The van der Waals surface area contributed by atoms with E-state index >= 15 is 0 Å². The van der Waals surface area contributed by atoms with E-state index in [1.807, 2.05) is 12.1 Å². The quantitative estimate of drug-likeness (QED) is 0.813.